The minimum Gasteiger partial charge on any atom is -0.507 e. The van der Waals surface area contributed by atoms with Crippen LogP contribution >= 0.6 is 0 Å². The molecule has 0 saturated carbocycles. The molecule has 1 aliphatic heterocycles. The highest BCUT2D eigenvalue weighted by Crippen LogP contribution is 2.42. The fourth-order valence-electron chi connectivity index (χ4n) is 4.28. The number of ether oxygens (including phenoxy) is 2. The third kappa shape index (κ3) is 5.42. The fourth-order valence-corrected chi connectivity index (χ4v) is 4.28. The highest BCUT2D eigenvalue weighted by atomic mass is 16.5. The maximum atomic E-state index is 12.6. The fraction of sp³-hybridized carbons (Fsp3) is 0.522. The van der Waals surface area contributed by atoms with Crippen molar-refractivity contribution < 1.29 is 44.9 Å². The number of aromatic hydroxyl groups is 2. The van der Waals surface area contributed by atoms with Crippen molar-refractivity contribution in [2.45, 2.75) is 69.5 Å². The number of benzene rings is 2. The number of esters is 1. The Bertz CT molecular complexity index is 972. The molecule has 0 aromatic heterocycles. The Morgan fingerprint density at radius 1 is 1.03 bits per heavy atom. The van der Waals surface area contributed by atoms with Crippen molar-refractivity contribution in [2.24, 2.45) is 0 Å². The lowest BCUT2D eigenvalue weighted by molar-refractivity contribution is -0.00684. The van der Waals surface area contributed by atoms with Crippen LogP contribution in [0.3, 0.4) is 0 Å². The predicted octanol–water partition coefficient (Wildman–Crippen LogP) is 1.36. The quantitative estimate of drug-likeness (QED) is 0.310. The first-order valence-electron chi connectivity index (χ1n) is 10.6. The van der Waals surface area contributed by atoms with Crippen LogP contribution in [0.2, 0.25) is 0 Å². The van der Waals surface area contributed by atoms with E-state index in [1.54, 1.807) is 12.1 Å². The van der Waals surface area contributed by atoms with Crippen LogP contribution in [0.5, 0.6) is 17.2 Å². The van der Waals surface area contributed by atoms with Gasteiger partial charge in [0.2, 0.25) is 0 Å². The van der Waals surface area contributed by atoms with Gasteiger partial charge in [0, 0.05) is 18.9 Å². The minimum absolute atomic E-state index is 0.0143. The second-order valence-electron chi connectivity index (χ2n) is 8.49. The van der Waals surface area contributed by atoms with Gasteiger partial charge < -0.3 is 40.1 Å². The molecule has 0 spiro atoms. The summed E-state index contributed by atoms with van der Waals surface area (Å²) in [6.45, 7) is 1.54. The topological polar surface area (TPSA) is 157 Å². The summed E-state index contributed by atoms with van der Waals surface area (Å²) in [5, 5.41) is 61.0. The maximum Gasteiger partial charge on any atom is 0.342 e. The van der Waals surface area contributed by atoms with E-state index in [1.807, 2.05) is 0 Å². The largest absolute Gasteiger partial charge is 0.507 e. The number of hydrogen-bond acceptors (Lipinski definition) is 9. The van der Waals surface area contributed by atoms with Crippen LogP contribution in [0.4, 0.5) is 0 Å². The van der Waals surface area contributed by atoms with Gasteiger partial charge in [0.15, 0.2) is 0 Å². The second-order valence-corrected chi connectivity index (χ2v) is 8.49. The summed E-state index contributed by atoms with van der Waals surface area (Å²) in [5.41, 5.74) is 0.494. The lowest BCUT2D eigenvalue weighted by Crippen LogP contribution is -2.33. The number of rotatable bonds is 9. The number of methoxy groups -OCH3 is 1. The highest BCUT2D eigenvalue weighted by Gasteiger charge is 2.32. The summed E-state index contributed by atoms with van der Waals surface area (Å²) in [5.74, 6) is -0.960. The highest BCUT2D eigenvalue weighted by molar-refractivity contribution is 6.05. The molecule has 0 fully saturated rings. The van der Waals surface area contributed by atoms with Crippen LogP contribution in [0.1, 0.15) is 48.5 Å². The van der Waals surface area contributed by atoms with Crippen LogP contribution in [-0.2, 0) is 11.2 Å². The van der Waals surface area contributed by atoms with Gasteiger partial charge in [-0.15, -0.1) is 0 Å². The normalized spacial score (nSPS) is 19.7. The number of cyclic esters (lactones) is 1. The Hall–Kier alpha value is -2.59. The van der Waals surface area contributed by atoms with Crippen molar-refractivity contribution in [3.05, 3.63) is 29.3 Å². The number of phenolic OH excluding ortho intramolecular Hbond substituents is 2. The van der Waals surface area contributed by atoms with Gasteiger partial charge >= 0.3 is 5.97 Å². The summed E-state index contributed by atoms with van der Waals surface area (Å²) < 4.78 is 10.5. The molecule has 2 aromatic rings. The summed E-state index contributed by atoms with van der Waals surface area (Å²) in [6.07, 6.45) is -3.80. The van der Waals surface area contributed by atoms with E-state index in [9.17, 15) is 35.4 Å². The number of hydrogen-bond donors (Lipinski definition) is 6. The summed E-state index contributed by atoms with van der Waals surface area (Å²) in [7, 11) is 1.45. The first kappa shape index (κ1) is 24.1. The Morgan fingerprint density at radius 3 is 2.34 bits per heavy atom. The first-order valence-corrected chi connectivity index (χ1v) is 10.6. The molecule has 176 valence electrons. The molecule has 9 nitrogen and oxygen atoms in total. The van der Waals surface area contributed by atoms with Gasteiger partial charge in [-0.05, 0) is 49.3 Å². The van der Waals surface area contributed by atoms with Crippen molar-refractivity contribution in [3.63, 3.8) is 0 Å². The Kier molecular flexibility index (Phi) is 7.45. The van der Waals surface area contributed by atoms with Gasteiger partial charge in [0.25, 0.3) is 0 Å². The summed E-state index contributed by atoms with van der Waals surface area (Å²) in [4.78, 5) is 12.6. The molecule has 6 N–H and O–H groups in total. The van der Waals surface area contributed by atoms with Gasteiger partial charge in [0.1, 0.15) is 28.9 Å². The predicted molar refractivity (Wildman–Crippen MR) is 115 cm³/mol. The number of aliphatic hydroxyl groups is 4. The SMILES string of the molecule is COc1cc(O)c2c(O)c3c(cc2c1)CC(CC(O)CC(O)CC(O)CC(C)O)OC3=O. The molecule has 0 amide bonds. The minimum atomic E-state index is -0.985. The van der Waals surface area contributed by atoms with Crippen LogP contribution in [0, 0.1) is 0 Å². The smallest absolute Gasteiger partial charge is 0.342 e. The molecule has 1 aliphatic rings. The van der Waals surface area contributed by atoms with Gasteiger partial charge in [-0.25, -0.2) is 4.79 Å². The van der Waals surface area contributed by atoms with Crippen molar-refractivity contribution in [3.8, 4) is 17.2 Å². The Labute approximate surface area is 185 Å². The molecule has 32 heavy (non-hydrogen) atoms. The van der Waals surface area contributed by atoms with E-state index in [2.05, 4.69) is 0 Å². The lowest BCUT2D eigenvalue weighted by atomic mass is 9.90. The number of fused-ring (bicyclic) bond motifs is 2. The van der Waals surface area contributed by atoms with E-state index >= 15 is 0 Å². The maximum absolute atomic E-state index is 12.6. The molecule has 0 bridgehead atoms. The average molecular weight is 450 g/mol. The lowest BCUT2D eigenvalue weighted by Gasteiger charge is -2.28. The average Bonchev–Trinajstić information content (AvgIpc) is 2.65. The van der Waals surface area contributed by atoms with E-state index in [0.717, 1.165) is 0 Å². The van der Waals surface area contributed by atoms with Gasteiger partial charge in [-0.3, -0.25) is 0 Å². The van der Waals surface area contributed by atoms with Crippen molar-refractivity contribution in [2.75, 3.05) is 7.11 Å². The molecule has 9 heteroatoms. The first-order chi connectivity index (χ1) is 15.1. The number of carbonyl (C=O) groups is 1. The number of aliphatic hydroxyl groups excluding tert-OH is 4. The van der Waals surface area contributed by atoms with Crippen LogP contribution in [0.15, 0.2) is 18.2 Å². The van der Waals surface area contributed by atoms with Crippen LogP contribution in [-0.4, -0.2) is 74.2 Å². The Balaban J connectivity index is 1.72. The van der Waals surface area contributed by atoms with E-state index in [4.69, 9.17) is 9.47 Å². The zero-order chi connectivity index (χ0) is 23.6. The molecule has 5 atom stereocenters. The van der Waals surface area contributed by atoms with E-state index in [0.29, 0.717) is 16.7 Å². The van der Waals surface area contributed by atoms with Crippen molar-refractivity contribution in [1.29, 1.82) is 0 Å². The molecule has 2 aromatic carbocycles. The molecule has 0 radical (unpaired) electrons. The van der Waals surface area contributed by atoms with E-state index in [-0.39, 0.29) is 54.6 Å². The van der Waals surface area contributed by atoms with Crippen molar-refractivity contribution >= 4 is 16.7 Å². The molecular formula is C23H30O9. The van der Waals surface area contributed by atoms with Gasteiger partial charge in [-0.2, -0.15) is 0 Å². The van der Waals surface area contributed by atoms with Crippen LogP contribution < -0.4 is 4.74 Å². The standard InChI is InChI=1S/C23H30O9/c1-11(24)3-14(25)7-15(26)8-16(27)9-18-6-13-4-12-5-17(31-2)10-19(28)20(12)22(29)21(13)23(30)32-18/h4-5,10-11,14-16,18,24-29H,3,6-9H2,1-2H3. The summed E-state index contributed by atoms with van der Waals surface area (Å²) >= 11 is 0. The molecule has 0 aliphatic carbocycles. The van der Waals surface area contributed by atoms with E-state index < -0.39 is 36.5 Å². The monoisotopic (exact) mass is 450 g/mol. The van der Waals surface area contributed by atoms with Gasteiger partial charge in [-0.1, -0.05) is 0 Å². The molecule has 5 unspecified atom stereocenters. The third-order valence-corrected chi connectivity index (χ3v) is 5.64. The zero-order valence-corrected chi connectivity index (χ0v) is 18.1. The van der Waals surface area contributed by atoms with E-state index in [1.165, 1.54) is 20.1 Å². The van der Waals surface area contributed by atoms with Gasteiger partial charge in [0.05, 0.1) is 36.9 Å². The number of carbonyl (C=O) groups excluding carboxylic acids is 1. The Morgan fingerprint density at radius 2 is 1.69 bits per heavy atom. The van der Waals surface area contributed by atoms with Crippen LogP contribution in [0.25, 0.3) is 10.8 Å². The number of phenols is 2. The van der Waals surface area contributed by atoms with Crippen molar-refractivity contribution in [1.82, 2.24) is 0 Å². The zero-order valence-electron chi connectivity index (χ0n) is 18.1. The second kappa shape index (κ2) is 9.91. The molecule has 1 heterocycles. The summed E-state index contributed by atoms with van der Waals surface area (Å²) in [6, 6.07) is 4.65. The molecular weight excluding hydrogens is 420 g/mol. The molecule has 0 saturated heterocycles. The molecule has 3 rings (SSSR count). The third-order valence-electron chi connectivity index (χ3n) is 5.64.